The minimum atomic E-state index is -0.605. The molecule has 0 radical (unpaired) electrons. The second-order valence-corrected chi connectivity index (χ2v) is 10.2. The van der Waals surface area contributed by atoms with Crippen molar-refractivity contribution in [2.45, 2.75) is 66.7 Å². The van der Waals surface area contributed by atoms with Gasteiger partial charge in [0.15, 0.2) is 0 Å². The number of aromatic nitrogens is 2. The van der Waals surface area contributed by atoms with Crippen molar-refractivity contribution in [2.24, 2.45) is 5.92 Å². The maximum absolute atomic E-state index is 13.7. The number of rotatable bonds is 5. The van der Waals surface area contributed by atoms with E-state index < -0.39 is 11.7 Å². The molecule has 0 spiro atoms. The Labute approximate surface area is 206 Å². The lowest BCUT2D eigenvalue weighted by Gasteiger charge is -2.33. The maximum atomic E-state index is 13.7. The van der Waals surface area contributed by atoms with Crippen molar-refractivity contribution in [3.63, 3.8) is 0 Å². The molecule has 0 saturated carbocycles. The zero-order valence-corrected chi connectivity index (χ0v) is 21.6. The van der Waals surface area contributed by atoms with Gasteiger partial charge in [0.25, 0.3) is 5.56 Å². The van der Waals surface area contributed by atoms with E-state index in [9.17, 15) is 9.59 Å². The predicted molar refractivity (Wildman–Crippen MR) is 136 cm³/mol. The molecule has 1 aromatic heterocycles. The van der Waals surface area contributed by atoms with Crippen molar-refractivity contribution in [3.8, 4) is 11.8 Å². The average molecular weight is 485 g/mol. The van der Waals surface area contributed by atoms with Crippen molar-refractivity contribution in [1.29, 1.82) is 0 Å². The highest BCUT2D eigenvalue weighted by Gasteiger charge is 2.30. The van der Waals surface area contributed by atoms with Crippen molar-refractivity contribution >= 4 is 29.3 Å². The van der Waals surface area contributed by atoms with Crippen LogP contribution < -0.4 is 10.5 Å². The molecular formula is C26H33ClN4O3. The number of hydrogen-bond donors (Lipinski definition) is 0. The number of halogens is 1. The normalized spacial score (nSPS) is 13.2. The fraction of sp³-hybridized carbons (Fsp3) is 0.500. The smallest absolute Gasteiger partial charge is 0.410 e. The summed E-state index contributed by atoms with van der Waals surface area (Å²) in [5, 5.41) is 0.642. The van der Waals surface area contributed by atoms with Crippen molar-refractivity contribution in [1.82, 2.24) is 14.5 Å². The number of carbonyl (C=O) groups excluding carboxylic acids is 1. The second-order valence-electron chi connectivity index (χ2n) is 9.79. The molecule has 1 aliphatic rings. The van der Waals surface area contributed by atoms with Gasteiger partial charge in [-0.3, -0.25) is 9.36 Å². The predicted octanol–water partition coefficient (Wildman–Crippen LogP) is 5.01. The Balaban J connectivity index is 2.09. The second kappa shape index (κ2) is 10.5. The number of amides is 1. The Hall–Kier alpha value is -2.98. The van der Waals surface area contributed by atoms with Crippen LogP contribution >= 0.6 is 11.6 Å². The van der Waals surface area contributed by atoms with E-state index >= 15 is 0 Å². The fourth-order valence-electron chi connectivity index (χ4n) is 3.78. The molecule has 8 heteroatoms. The Kier molecular flexibility index (Phi) is 7.93. The molecule has 7 nitrogen and oxygen atoms in total. The molecule has 0 unspecified atom stereocenters. The molecule has 0 bridgehead atoms. The molecule has 0 atom stereocenters. The molecule has 1 amide bonds. The van der Waals surface area contributed by atoms with Crippen LogP contribution in [0.15, 0.2) is 29.1 Å². The number of ether oxygens (including phenoxy) is 1. The summed E-state index contributed by atoms with van der Waals surface area (Å²) in [6.07, 6.45) is 0.0527. The molecule has 3 rings (SSSR count). The number of anilines is 2. The molecule has 34 heavy (non-hydrogen) atoms. The molecule has 0 saturated heterocycles. The molecule has 0 N–H and O–H groups in total. The third-order valence-corrected chi connectivity index (χ3v) is 5.54. The lowest BCUT2D eigenvalue weighted by molar-refractivity contribution is 0.0221. The van der Waals surface area contributed by atoms with Crippen molar-refractivity contribution in [3.05, 3.63) is 50.9 Å². The zero-order valence-electron chi connectivity index (χ0n) is 20.8. The van der Waals surface area contributed by atoms with E-state index in [1.807, 2.05) is 49.9 Å². The minimum Gasteiger partial charge on any atom is -0.444 e. The van der Waals surface area contributed by atoms with Crippen LogP contribution in [0.2, 0.25) is 5.02 Å². The summed E-state index contributed by atoms with van der Waals surface area (Å²) in [7, 11) is 0. The third-order valence-electron chi connectivity index (χ3n) is 5.29. The van der Waals surface area contributed by atoms with E-state index in [0.717, 1.165) is 5.69 Å². The summed E-state index contributed by atoms with van der Waals surface area (Å²) >= 11 is 6.12. The van der Waals surface area contributed by atoms with Gasteiger partial charge < -0.3 is 14.5 Å². The molecule has 0 aliphatic carbocycles. The first kappa shape index (κ1) is 25.6. The number of benzene rings is 1. The summed E-state index contributed by atoms with van der Waals surface area (Å²) in [6, 6.07) is 7.51. The standard InChI is InChI=1S/C26H33ClN4O3/c1-7-8-14-30-23(32)21-17-29(25(33)34-26(4,5)6)15-13-22(21)28-24(30)31(16-18(2)3)20-11-9-19(27)10-12-20/h9-12,18H,13-17H2,1-6H3. The van der Waals surface area contributed by atoms with Crippen LogP contribution in [0.3, 0.4) is 0 Å². The van der Waals surface area contributed by atoms with Gasteiger partial charge in [0.05, 0.1) is 24.3 Å². The van der Waals surface area contributed by atoms with Gasteiger partial charge >= 0.3 is 6.09 Å². The quantitative estimate of drug-likeness (QED) is 0.558. The molecule has 0 fully saturated rings. The molecule has 2 aromatic rings. The highest BCUT2D eigenvalue weighted by Crippen LogP contribution is 2.28. The Morgan fingerprint density at radius 1 is 1.26 bits per heavy atom. The Morgan fingerprint density at radius 2 is 1.94 bits per heavy atom. The van der Waals surface area contributed by atoms with E-state index in [1.165, 1.54) is 0 Å². The van der Waals surface area contributed by atoms with Crippen LogP contribution in [0.25, 0.3) is 0 Å². The van der Waals surface area contributed by atoms with Gasteiger partial charge in [-0.1, -0.05) is 31.4 Å². The number of hydrogen-bond acceptors (Lipinski definition) is 5. The van der Waals surface area contributed by atoms with Crippen molar-refractivity contribution < 1.29 is 9.53 Å². The fourth-order valence-corrected chi connectivity index (χ4v) is 3.91. The zero-order chi connectivity index (χ0) is 25.0. The van der Waals surface area contributed by atoms with Gasteiger partial charge in [-0.15, -0.1) is 5.92 Å². The molecular weight excluding hydrogens is 452 g/mol. The minimum absolute atomic E-state index is 0.168. The summed E-state index contributed by atoms with van der Waals surface area (Å²) < 4.78 is 7.12. The van der Waals surface area contributed by atoms with Crippen LogP contribution in [0.1, 0.15) is 52.8 Å². The van der Waals surface area contributed by atoms with Gasteiger partial charge in [-0.05, 0) is 57.9 Å². The van der Waals surface area contributed by atoms with E-state index in [2.05, 4.69) is 25.7 Å². The summed E-state index contributed by atoms with van der Waals surface area (Å²) in [6.45, 7) is 12.9. The topological polar surface area (TPSA) is 67.7 Å². The molecule has 2 heterocycles. The lowest BCUT2D eigenvalue weighted by Crippen LogP contribution is -2.44. The van der Waals surface area contributed by atoms with Gasteiger partial charge in [-0.25, -0.2) is 9.78 Å². The van der Waals surface area contributed by atoms with Gasteiger partial charge in [0, 0.05) is 30.2 Å². The van der Waals surface area contributed by atoms with Crippen LogP contribution in [0, 0.1) is 17.8 Å². The van der Waals surface area contributed by atoms with Gasteiger partial charge in [0.2, 0.25) is 5.95 Å². The van der Waals surface area contributed by atoms with Gasteiger partial charge in [0.1, 0.15) is 5.60 Å². The summed E-state index contributed by atoms with van der Waals surface area (Å²) in [4.78, 5) is 34.9. The van der Waals surface area contributed by atoms with Crippen LogP contribution in [0.5, 0.6) is 0 Å². The first-order valence-electron chi connectivity index (χ1n) is 11.5. The number of carbonyl (C=O) groups is 1. The monoisotopic (exact) mass is 484 g/mol. The molecule has 182 valence electrons. The lowest BCUT2D eigenvalue weighted by atomic mass is 10.1. The first-order chi connectivity index (χ1) is 16.0. The summed E-state index contributed by atoms with van der Waals surface area (Å²) in [5.41, 5.74) is 1.34. The van der Waals surface area contributed by atoms with Crippen LogP contribution in [-0.2, 0) is 24.2 Å². The highest BCUT2D eigenvalue weighted by molar-refractivity contribution is 6.30. The van der Waals surface area contributed by atoms with Crippen LogP contribution in [0.4, 0.5) is 16.4 Å². The maximum Gasteiger partial charge on any atom is 0.410 e. The first-order valence-corrected chi connectivity index (χ1v) is 11.9. The molecule has 1 aliphatic heterocycles. The average Bonchev–Trinajstić information content (AvgIpc) is 2.76. The van der Waals surface area contributed by atoms with E-state index in [4.69, 9.17) is 21.3 Å². The number of fused-ring (bicyclic) bond motifs is 1. The SMILES string of the molecule is CC#CCn1c(N(CC(C)C)c2ccc(Cl)cc2)nc2c(c1=O)CN(C(=O)OC(C)(C)C)CC2. The Morgan fingerprint density at radius 3 is 2.53 bits per heavy atom. The van der Waals surface area contributed by atoms with Crippen LogP contribution in [-0.4, -0.2) is 39.2 Å². The van der Waals surface area contributed by atoms with E-state index in [-0.39, 0.29) is 18.6 Å². The highest BCUT2D eigenvalue weighted by atomic mass is 35.5. The van der Waals surface area contributed by atoms with E-state index in [1.54, 1.807) is 16.4 Å². The Bertz CT molecular complexity index is 1150. The van der Waals surface area contributed by atoms with Crippen molar-refractivity contribution in [2.75, 3.05) is 18.0 Å². The van der Waals surface area contributed by atoms with E-state index in [0.29, 0.717) is 47.7 Å². The third kappa shape index (κ3) is 6.12. The number of nitrogens with zero attached hydrogens (tertiary/aromatic N) is 4. The van der Waals surface area contributed by atoms with Gasteiger partial charge in [-0.2, -0.15) is 0 Å². The molecule has 1 aromatic carbocycles. The largest absolute Gasteiger partial charge is 0.444 e. The summed E-state index contributed by atoms with van der Waals surface area (Å²) in [5.74, 6) is 6.74.